The molecule has 8 aliphatic rings. The molecule has 5 atom stereocenters. The minimum atomic E-state index is -0.314. The lowest BCUT2D eigenvalue weighted by Crippen LogP contribution is -2.43. The maximum Gasteiger partial charge on any atom is 0.261 e. The van der Waals surface area contributed by atoms with Crippen LogP contribution in [0, 0.1) is 13.8 Å². The van der Waals surface area contributed by atoms with E-state index >= 15 is 0 Å². The van der Waals surface area contributed by atoms with Crippen LogP contribution in [0.15, 0.2) is 192 Å². The number of nitrogens with zero attached hydrogens (tertiary/aromatic N) is 8. The van der Waals surface area contributed by atoms with Crippen molar-refractivity contribution in [3.63, 3.8) is 0 Å². The molecule has 0 fully saturated rings. The third kappa shape index (κ3) is 21.0. The SMILES string of the molecule is CCCOCCOCCN(CC(C)(C)S(C)=S)c1cc(COc2cc3c(cc2C)C(=O)N2c4ccccc4C[C@@H]2C=N3)cc(COc2cc3c(cc2OC)C(=O)N2c4ccccc4C[C@H]2CC3)c1.CCCOCCOCCN(CC(C)(C)S)c1cc(COc2cc3c(cc2C)C(=O)N2c4ccccc4C[C@@H]2C=N3)cc(COc2cc3c(cc2OC)C(=O)N2c4ccccc4C[C@H]2CC3)c1. The number of rotatable bonds is 37. The average molecular weight is 1860 g/mol. The van der Waals surface area contributed by atoms with Gasteiger partial charge in [0.05, 0.1) is 88.4 Å². The van der Waals surface area contributed by atoms with Crippen LogP contribution >= 0.6 is 12.6 Å². The van der Waals surface area contributed by atoms with Crippen molar-refractivity contribution in [2.75, 3.05) is 129 Å². The summed E-state index contributed by atoms with van der Waals surface area (Å²) in [5, 5.41) is 0. The Morgan fingerprint density at radius 2 is 0.761 bits per heavy atom. The molecule has 0 saturated carbocycles. The van der Waals surface area contributed by atoms with Gasteiger partial charge in [0.1, 0.15) is 37.9 Å². The van der Waals surface area contributed by atoms with Crippen molar-refractivity contribution in [2.45, 2.75) is 180 Å². The Hall–Kier alpha value is -11.4. The number of aryl methyl sites for hydroxylation is 4. The second-order valence-corrected chi connectivity index (χ2v) is 41.9. The van der Waals surface area contributed by atoms with Crippen molar-refractivity contribution >= 4 is 115 Å². The Balaban J connectivity index is 0.000000187. The Labute approximate surface area is 800 Å². The van der Waals surface area contributed by atoms with Gasteiger partial charge in [-0.2, -0.15) is 12.6 Å². The lowest BCUT2D eigenvalue weighted by Gasteiger charge is -2.35. The van der Waals surface area contributed by atoms with Crippen molar-refractivity contribution in [1.82, 2.24) is 0 Å². The summed E-state index contributed by atoms with van der Waals surface area (Å²) >= 11 is 10.9. The van der Waals surface area contributed by atoms with Gasteiger partial charge < -0.3 is 67.0 Å². The standard InChI is InChI=1S/C55H62N4O7S2.C54H60N4O7S/c1-7-19-63-21-22-64-20-18-57(35-55(3,4)68(6)67)43-25-37(33-65-50-31-47-46(23-36(50)2)54(61)59-44(32-56-47)28-41-13-9-11-15-49(41)59)24-38(26-43)34-66-52-29-39-16-17-42-27-40-12-8-10-14-48(40)58(42)53(60)45(39)30-51(52)62-5;1-6-18-62-20-21-63-19-17-56(34-54(3,4)66)42-24-36(32-64-49-30-46-45(22-35(49)2)53(60)58-43(31-55-46)27-40-12-8-10-14-48(40)58)23-37(25-42)33-65-51-28-38-15-16-41-26-39-11-7-9-13-47(39)57(41)52(59)44(38)29-50(51)61-5/h8-15,23-26,29-32,42,44H,7,16-22,27-28,33-35H2,1-6H3;7-14,22-25,28-31,41,43,66H,6,15-21,26-27,32-34H2,1-5H3/t42-,44-,68?;41-,43-/m11/s1. The molecule has 0 saturated heterocycles. The predicted octanol–water partition coefficient (Wildman–Crippen LogP) is 19.6. The first kappa shape index (κ1) is 94.4. The molecule has 0 radical (unpaired) electrons. The third-order valence-electron chi connectivity index (χ3n) is 26.4. The molecule has 4 amide bonds. The summed E-state index contributed by atoms with van der Waals surface area (Å²) in [6.45, 7) is 25.1. The van der Waals surface area contributed by atoms with Gasteiger partial charge in [-0.25, -0.2) is 0 Å². The molecule has 25 heteroatoms. The number of thiol groups is 1. The topological polar surface area (TPSA) is 205 Å². The monoisotopic (exact) mass is 1860 g/mol. The number of amides is 4. The van der Waals surface area contributed by atoms with E-state index in [1.807, 2.05) is 167 Å². The zero-order chi connectivity index (χ0) is 93.5. The highest BCUT2D eigenvalue weighted by Gasteiger charge is 2.43. The van der Waals surface area contributed by atoms with Gasteiger partial charge in [-0.15, -0.1) is 9.45 Å². The van der Waals surface area contributed by atoms with E-state index in [-0.39, 0.29) is 93.2 Å². The molecule has 0 bridgehead atoms. The molecule has 1 unspecified atom stereocenters. The van der Waals surface area contributed by atoms with E-state index in [2.05, 4.69) is 118 Å². The van der Waals surface area contributed by atoms with E-state index in [1.165, 1.54) is 11.1 Å². The van der Waals surface area contributed by atoms with Gasteiger partial charge in [-0.05, 0) is 263 Å². The van der Waals surface area contributed by atoms with E-state index in [4.69, 9.17) is 81.2 Å². The van der Waals surface area contributed by atoms with Gasteiger partial charge in [0.25, 0.3) is 23.6 Å². The first-order valence-electron chi connectivity index (χ1n) is 47.0. The number of hydrogen-bond acceptors (Lipinski definition) is 20. The molecule has 8 aliphatic heterocycles. The second kappa shape index (κ2) is 41.8. The first-order valence-corrected chi connectivity index (χ1v) is 50.0. The zero-order valence-electron chi connectivity index (χ0n) is 78.7. The number of fused-ring (bicyclic) bond motifs is 16. The van der Waals surface area contributed by atoms with Crippen LogP contribution in [-0.2, 0) is 105 Å². The normalized spacial score (nSPS) is 17.2. The van der Waals surface area contributed by atoms with Gasteiger partial charge in [-0.1, -0.05) is 97.8 Å². The van der Waals surface area contributed by atoms with Crippen LogP contribution in [0.25, 0.3) is 0 Å². The average Bonchev–Trinajstić information content (AvgIpc) is 1.63. The van der Waals surface area contributed by atoms with Crippen molar-refractivity contribution in [3.8, 4) is 34.5 Å². The first-order chi connectivity index (χ1) is 64.9. The number of anilines is 6. The van der Waals surface area contributed by atoms with E-state index in [0.717, 1.165) is 167 Å². The van der Waals surface area contributed by atoms with Crippen LogP contribution in [0.1, 0.15) is 175 Å². The molecule has 18 rings (SSSR count). The number of carbonyl (C=O) groups excluding carboxylic acids is 4. The Bertz CT molecular complexity index is 6130. The summed E-state index contributed by atoms with van der Waals surface area (Å²) in [6.07, 6.45) is 14.2. The molecule has 0 aromatic heterocycles. The number of hydrogen-bond donors (Lipinski definition) is 1. The minimum absolute atomic E-state index is 0.00135. The lowest BCUT2D eigenvalue weighted by molar-refractivity contribution is 0.0505. The molecule has 0 N–H and O–H groups in total. The van der Waals surface area contributed by atoms with Gasteiger partial charge >= 0.3 is 0 Å². The number of methoxy groups -OCH3 is 2. The second-order valence-electron chi connectivity index (χ2n) is 37.2. The fourth-order valence-electron chi connectivity index (χ4n) is 19.5. The maximum atomic E-state index is 14.2. The van der Waals surface area contributed by atoms with Crippen molar-refractivity contribution in [1.29, 1.82) is 0 Å². The van der Waals surface area contributed by atoms with Crippen LogP contribution in [-0.4, -0.2) is 169 Å². The molecule has 8 heterocycles. The highest BCUT2D eigenvalue weighted by Crippen LogP contribution is 2.47. The lowest BCUT2D eigenvalue weighted by atomic mass is 9.99. The maximum absolute atomic E-state index is 14.2. The summed E-state index contributed by atoms with van der Waals surface area (Å²) in [7, 11) is 2.94. The summed E-state index contributed by atoms with van der Waals surface area (Å²) < 4.78 is 61.4. The number of para-hydroxylation sites is 4. The summed E-state index contributed by atoms with van der Waals surface area (Å²) in [6, 6.07) is 60.6. The molecular weight excluding hydrogens is 1740 g/mol. The Kier molecular flexibility index (Phi) is 29.5. The van der Waals surface area contributed by atoms with Crippen molar-refractivity contribution in [2.24, 2.45) is 9.98 Å². The van der Waals surface area contributed by atoms with Crippen LogP contribution < -0.4 is 57.8 Å². The number of aliphatic imine (C=N–C) groups is 2. The number of benzene rings is 10. The van der Waals surface area contributed by atoms with Crippen LogP contribution in [0.5, 0.6) is 34.5 Å². The highest BCUT2D eigenvalue weighted by atomic mass is 32.8. The fraction of sp³-hybridized carbons (Fsp3) is 0.394. The highest BCUT2D eigenvalue weighted by molar-refractivity contribution is 8.29. The van der Waals surface area contributed by atoms with Gasteiger partial charge in [0.2, 0.25) is 0 Å². The van der Waals surface area contributed by atoms with E-state index < -0.39 is 0 Å². The smallest absolute Gasteiger partial charge is 0.261 e. The van der Waals surface area contributed by atoms with Gasteiger partial charge in [0.15, 0.2) is 23.0 Å². The van der Waals surface area contributed by atoms with Crippen LogP contribution in [0.2, 0.25) is 0 Å². The molecule has 700 valence electrons. The third-order valence-corrected chi connectivity index (χ3v) is 29.5. The van der Waals surface area contributed by atoms with Gasteiger partial charge in [-0.3, -0.25) is 39.0 Å². The summed E-state index contributed by atoms with van der Waals surface area (Å²) in [5.74, 6) is 3.39. The predicted molar refractivity (Wildman–Crippen MR) is 541 cm³/mol. The van der Waals surface area contributed by atoms with E-state index in [9.17, 15) is 19.2 Å². The van der Waals surface area contributed by atoms with Crippen LogP contribution in [0.3, 0.4) is 0 Å². The summed E-state index contributed by atoms with van der Waals surface area (Å²) in [5.41, 5.74) is 21.6. The fourth-order valence-corrected chi connectivity index (χ4v) is 20.2. The largest absolute Gasteiger partial charge is 0.493 e. The molecule has 10 aromatic rings. The Morgan fingerprint density at radius 3 is 1.13 bits per heavy atom. The summed E-state index contributed by atoms with van der Waals surface area (Å²) in [4.78, 5) is 78.5. The molecule has 0 aliphatic carbocycles. The van der Waals surface area contributed by atoms with Crippen LogP contribution in [0.4, 0.5) is 45.5 Å². The van der Waals surface area contributed by atoms with Crippen molar-refractivity contribution in [3.05, 3.63) is 271 Å². The molecule has 10 aromatic carbocycles. The van der Waals surface area contributed by atoms with Crippen molar-refractivity contribution < 1.29 is 66.5 Å². The molecular formula is C109H122N8O14S3. The number of carbonyl (C=O) groups is 4. The van der Waals surface area contributed by atoms with E-state index in [1.54, 1.807) is 14.2 Å². The minimum Gasteiger partial charge on any atom is -0.493 e. The molecule has 134 heavy (non-hydrogen) atoms. The van der Waals surface area contributed by atoms with Gasteiger partial charge in [0, 0.05) is 144 Å². The number of ether oxygens (including phenoxy) is 10. The molecule has 22 nitrogen and oxygen atoms in total. The zero-order valence-corrected chi connectivity index (χ0v) is 81.3. The quantitative estimate of drug-likeness (QED) is 0.0284. The van der Waals surface area contributed by atoms with E-state index in [0.29, 0.717) is 134 Å². The Morgan fingerprint density at radius 1 is 0.410 bits per heavy atom. The molecule has 0 spiro atoms.